The fraction of sp³-hybridized carbons (Fsp3) is 0.243. The summed E-state index contributed by atoms with van der Waals surface area (Å²) in [6.07, 6.45) is 10.1. The molecule has 2 aliphatic rings. The first-order chi connectivity index (χ1) is 23.7. The molecule has 0 bridgehead atoms. The number of piperidine rings is 1. The minimum atomic E-state index is -0.453. The van der Waals surface area contributed by atoms with E-state index in [2.05, 4.69) is 30.5 Å². The Labute approximate surface area is 283 Å². The number of urea groups is 1. The zero-order chi connectivity index (χ0) is 34.1. The number of ether oxygens (including phenoxy) is 1. The Morgan fingerprint density at radius 1 is 1.04 bits per heavy atom. The SMILES string of the molecule is Cc1cccc(CN(C)C(=O)C2CCN(c3ccnc4c3c(C=C3Oc5ccc(NC(=O)Nc6cccnc6)cc5C3=O)cn4C)CC2)n1. The molecular weight excluding hydrogens is 620 g/mol. The standard InChI is InChI=1S/C37H36N8O4/c1-23-6-4-7-28(40-23)22-44(3)36(47)24-12-16-45(17-13-24)30-11-15-39-35-33(30)25(21-43(35)2)18-32-34(46)29-19-26(9-10-31(29)49-32)41-37(48)42-27-8-5-14-38-20-27/h4-11,14-15,18-21,24H,12-13,16-17,22H2,1-3H3,(H2,41,42,48). The predicted octanol–water partition coefficient (Wildman–Crippen LogP) is 5.81. The van der Waals surface area contributed by atoms with E-state index in [0.29, 0.717) is 42.3 Å². The molecule has 0 radical (unpaired) electrons. The molecule has 4 aromatic heterocycles. The van der Waals surface area contributed by atoms with E-state index in [9.17, 15) is 14.4 Å². The van der Waals surface area contributed by atoms with Gasteiger partial charge in [-0.2, -0.15) is 0 Å². The first-order valence-electron chi connectivity index (χ1n) is 16.2. The summed E-state index contributed by atoms with van der Waals surface area (Å²) in [5, 5.41) is 6.38. The van der Waals surface area contributed by atoms with Gasteiger partial charge >= 0.3 is 6.03 Å². The molecule has 49 heavy (non-hydrogen) atoms. The van der Waals surface area contributed by atoms with E-state index in [0.717, 1.165) is 46.5 Å². The fourth-order valence-corrected chi connectivity index (χ4v) is 6.52. The van der Waals surface area contributed by atoms with Crippen molar-refractivity contribution in [2.45, 2.75) is 26.3 Å². The smallest absolute Gasteiger partial charge is 0.323 e. The summed E-state index contributed by atoms with van der Waals surface area (Å²) in [5.41, 5.74) is 5.75. The van der Waals surface area contributed by atoms with Crippen LogP contribution in [-0.4, -0.2) is 62.3 Å². The van der Waals surface area contributed by atoms with Gasteiger partial charge in [-0.25, -0.2) is 9.78 Å². The molecule has 12 nitrogen and oxygen atoms in total. The van der Waals surface area contributed by atoms with Crippen LogP contribution in [0.15, 0.2) is 85.1 Å². The second-order valence-corrected chi connectivity index (χ2v) is 12.4. The van der Waals surface area contributed by atoms with Crippen LogP contribution in [0, 0.1) is 12.8 Å². The number of benzene rings is 1. The monoisotopic (exact) mass is 656 g/mol. The molecule has 248 valence electrons. The molecular formula is C37H36N8O4. The Balaban J connectivity index is 1.06. The number of nitrogens with one attached hydrogen (secondary N) is 2. The quantitative estimate of drug-likeness (QED) is 0.210. The van der Waals surface area contributed by atoms with Gasteiger partial charge in [0.15, 0.2) is 5.76 Å². The van der Waals surface area contributed by atoms with Gasteiger partial charge in [-0.1, -0.05) is 6.07 Å². The van der Waals surface area contributed by atoms with Crippen LogP contribution in [0.2, 0.25) is 0 Å². The molecule has 5 aromatic rings. The summed E-state index contributed by atoms with van der Waals surface area (Å²) < 4.78 is 7.96. The largest absolute Gasteiger partial charge is 0.452 e. The first kappa shape index (κ1) is 31.6. The topological polar surface area (TPSA) is 135 Å². The first-order valence-corrected chi connectivity index (χ1v) is 16.2. The molecule has 2 aliphatic heterocycles. The Morgan fingerprint density at radius 3 is 2.63 bits per heavy atom. The van der Waals surface area contributed by atoms with E-state index in [1.807, 2.05) is 56.0 Å². The molecule has 0 aliphatic carbocycles. The average Bonchev–Trinajstić information content (AvgIpc) is 3.59. The molecule has 1 fully saturated rings. The van der Waals surface area contributed by atoms with E-state index < -0.39 is 6.03 Å². The third-order valence-electron chi connectivity index (χ3n) is 8.90. The van der Waals surface area contributed by atoms with Crippen LogP contribution < -0.4 is 20.3 Å². The highest BCUT2D eigenvalue weighted by atomic mass is 16.5. The van der Waals surface area contributed by atoms with E-state index in [4.69, 9.17) is 4.74 Å². The Morgan fingerprint density at radius 2 is 1.86 bits per heavy atom. The van der Waals surface area contributed by atoms with E-state index >= 15 is 0 Å². The maximum Gasteiger partial charge on any atom is 0.323 e. The third-order valence-corrected chi connectivity index (χ3v) is 8.90. The molecule has 0 unspecified atom stereocenters. The number of allylic oxidation sites excluding steroid dienone is 1. The number of hydrogen-bond donors (Lipinski definition) is 2. The van der Waals surface area contributed by atoms with Crippen molar-refractivity contribution in [1.29, 1.82) is 0 Å². The van der Waals surface area contributed by atoms with Gasteiger partial charge in [0, 0.05) is 79.7 Å². The summed E-state index contributed by atoms with van der Waals surface area (Å²) in [6.45, 7) is 3.86. The number of ketones is 1. The maximum absolute atomic E-state index is 13.5. The number of aromatic nitrogens is 4. The van der Waals surface area contributed by atoms with Crippen molar-refractivity contribution in [1.82, 2.24) is 24.4 Å². The Bertz CT molecular complexity index is 2100. The van der Waals surface area contributed by atoms with Crippen LogP contribution in [0.1, 0.15) is 40.2 Å². The summed E-state index contributed by atoms with van der Waals surface area (Å²) in [5.74, 6) is 0.396. The summed E-state index contributed by atoms with van der Waals surface area (Å²) in [6, 6.07) is 15.8. The molecule has 12 heteroatoms. The zero-order valence-corrected chi connectivity index (χ0v) is 27.5. The van der Waals surface area contributed by atoms with Crippen molar-refractivity contribution in [3.8, 4) is 5.75 Å². The number of pyridine rings is 3. The lowest BCUT2D eigenvalue weighted by Gasteiger charge is -2.35. The zero-order valence-electron chi connectivity index (χ0n) is 27.5. The van der Waals surface area contributed by atoms with Crippen LogP contribution in [-0.2, 0) is 18.4 Å². The molecule has 1 aromatic carbocycles. The van der Waals surface area contributed by atoms with Crippen molar-refractivity contribution < 1.29 is 19.1 Å². The van der Waals surface area contributed by atoms with Gasteiger partial charge < -0.3 is 29.7 Å². The van der Waals surface area contributed by atoms with Gasteiger partial charge in [0.1, 0.15) is 11.4 Å². The minimum absolute atomic E-state index is 0.0652. The highest BCUT2D eigenvalue weighted by molar-refractivity contribution is 6.16. The van der Waals surface area contributed by atoms with Crippen molar-refractivity contribution in [2.75, 3.05) is 35.7 Å². The number of fused-ring (bicyclic) bond motifs is 2. The van der Waals surface area contributed by atoms with Crippen LogP contribution in [0.4, 0.5) is 21.9 Å². The summed E-state index contributed by atoms with van der Waals surface area (Å²) >= 11 is 0. The number of carbonyl (C=O) groups is 3. The average molecular weight is 657 g/mol. The molecule has 1 saturated heterocycles. The van der Waals surface area contributed by atoms with Crippen LogP contribution in [0.5, 0.6) is 5.75 Å². The van der Waals surface area contributed by atoms with Crippen molar-refractivity contribution in [3.63, 3.8) is 0 Å². The van der Waals surface area contributed by atoms with Crippen molar-refractivity contribution in [3.05, 3.63) is 108 Å². The van der Waals surface area contributed by atoms with Gasteiger partial charge in [-0.05, 0) is 74.4 Å². The third kappa shape index (κ3) is 6.57. The van der Waals surface area contributed by atoms with Gasteiger partial charge in [0.05, 0.1) is 29.7 Å². The number of anilines is 3. The van der Waals surface area contributed by atoms with Gasteiger partial charge in [-0.3, -0.25) is 19.6 Å². The fourth-order valence-electron chi connectivity index (χ4n) is 6.52. The highest BCUT2D eigenvalue weighted by Crippen LogP contribution is 2.37. The van der Waals surface area contributed by atoms with Crippen molar-refractivity contribution >= 4 is 51.9 Å². The predicted molar refractivity (Wildman–Crippen MR) is 187 cm³/mol. The lowest BCUT2D eigenvalue weighted by molar-refractivity contribution is -0.135. The number of hydrogen-bond acceptors (Lipinski definition) is 8. The Hall–Kier alpha value is -6.04. The van der Waals surface area contributed by atoms with E-state index in [-0.39, 0.29) is 23.4 Å². The summed E-state index contributed by atoms with van der Waals surface area (Å²) in [7, 11) is 3.77. The molecule has 0 spiro atoms. The molecule has 2 N–H and O–H groups in total. The van der Waals surface area contributed by atoms with Crippen molar-refractivity contribution in [2.24, 2.45) is 13.0 Å². The van der Waals surface area contributed by atoms with Gasteiger partial charge in [-0.15, -0.1) is 0 Å². The lowest BCUT2D eigenvalue weighted by atomic mass is 9.94. The normalized spacial score (nSPS) is 15.3. The number of aryl methyl sites for hydroxylation is 2. The second kappa shape index (κ2) is 13.2. The highest BCUT2D eigenvalue weighted by Gasteiger charge is 2.31. The van der Waals surface area contributed by atoms with Gasteiger partial charge in [0.25, 0.3) is 0 Å². The number of amides is 3. The minimum Gasteiger partial charge on any atom is -0.452 e. The molecule has 0 atom stereocenters. The van der Waals surface area contributed by atoms with Crippen LogP contribution >= 0.6 is 0 Å². The summed E-state index contributed by atoms with van der Waals surface area (Å²) in [4.78, 5) is 56.6. The molecule has 7 rings (SSSR count). The Kier molecular flexibility index (Phi) is 8.52. The van der Waals surface area contributed by atoms with Gasteiger partial charge in [0.2, 0.25) is 11.7 Å². The number of nitrogens with zero attached hydrogens (tertiary/aromatic N) is 6. The van der Waals surface area contributed by atoms with E-state index in [1.54, 1.807) is 59.9 Å². The van der Waals surface area contributed by atoms with E-state index in [1.165, 1.54) is 0 Å². The number of rotatable bonds is 7. The number of Topliss-reactive ketones (excluding diaryl/α,β-unsaturated/α-hetero) is 1. The van der Waals surface area contributed by atoms with Crippen LogP contribution in [0.3, 0.4) is 0 Å². The molecule has 3 amide bonds. The lowest BCUT2D eigenvalue weighted by Crippen LogP contribution is -2.41. The number of carbonyl (C=O) groups excluding carboxylic acids is 3. The maximum atomic E-state index is 13.5. The van der Waals surface area contributed by atoms with Crippen LogP contribution in [0.25, 0.3) is 17.1 Å². The second-order valence-electron chi connectivity index (χ2n) is 12.4. The molecule has 6 heterocycles. The molecule has 0 saturated carbocycles.